The SMILES string of the molecule is CC12CCC3c4ccc(OC(=O)C(F)(F)C(F)(F)F)cc4CCC3C1CCC2OC(=O)C(F)(F)C(F)(F)F. The lowest BCUT2D eigenvalue weighted by Gasteiger charge is -2.50. The molecule has 0 N–H and O–H groups in total. The lowest BCUT2D eigenvalue weighted by Crippen LogP contribution is -2.50. The summed E-state index contributed by atoms with van der Waals surface area (Å²) in [5, 5.41) is 0. The van der Waals surface area contributed by atoms with E-state index in [1.54, 1.807) is 6.92 Å². The predicted octanol–water partition coefficient (Wildman–Crippen LogP) is 6.76. The molecule has 2 saturated carbocycles. The normalized spacial score (nSPS) is 29.7. The van der Waals surface area contributed by atoms with Crippen molar-refractivity contribution in [2.24, 2.45) is 17.3 Å². The molecule has 2 fully saturated rings. The van der Waals surface area contributed by atoms with Gasteiger partial charge in [-0.3, -0.25) is 0 Å². The lowest BCUT2D eigenvalue weighted by molar-refractivity contribution is -0.284. The Morgan fingerprint density at radius 2 is 1.45 bits per heavy atom. The molecule has 14 heteroatoms. The molecule has 1 aromatic rings. The van der Waals surface area contributed by atoms with Gasteiger partial charge in [-0.25, -0.2) is 9.59 Å². The van der Waals surface area contributed by atoms with Crippen LogP contribution in [0.25, 0.3) is 0 Å². The molecule has 212 valence electrons. The molecule has 0 saturated heterocycles. The van der Waals surface area contributed by atoms with Crippen LogP contribution >= 0.6 is 0 Å². The molecule has 4 nitrogen and oxygen atoms in total. The Morgan fingerprint density at radius 1 is 0.842 bits per heavy atom. The van der Waals surface area contributed by atoms with E-state index in [0.29, 0.717) is 37.7 Å². The molecule has 0 radical (unpaired) electrons. The first-order valence-corrected chi connectivity index (χ1v) is 11.8. The fourth-order valence-corrected chi connectivity index (χ4v) is 6.37. The smallest absolute Gasteiger partial charge is 0.457 e. The molecule has 1 aromatic carbocycles. The van der Waals surface area contributed by atoms with E-state index < -0.39 is 53.4 Å². The van der Waals surface area contributed by atoms with Crippen LogP contribution in [0.3, 0.4) is 0 Å². The minimum absolute atomic E-state index is 0.0592. The number of halogens is 10. The number of aryl methyl sites for hydroxylation is 1. The number of hydrogen-bond donors (Lipinski definition) is 0. The fourth-order valence-electron chi connectivity index (χ4n) is 6.37. The number of ether oxygens (including phenoxy) is 2. The molecule has 0 bridgehead atoms. The van der Waals surface area contributed by atoms with Gasteiger partial charge in [-0.1, -0.05) is 13.0 Å². The molecule has 0 spiro atoms. The second-order valence-corrected chi connectivity index (χ2v) is 10.3. The van der Waals surface area contributed by atoms with Crippen molar-refractivity contribution in [1.29, 1.82) is 0 Å². The average Bonchev–Trinajstić information content (AvgIpc) is 3.13. The highest BCUT2D eigenvalue weighted by Crippen LogP contribution is 2.62. The summed E-state index contributed by atoms with van der Waals surface area (Å²) in [6.45, 7) is 1.70. The average molecular weight is 564 g/mol. The van der Waals surface area contributed by atoms with Crippen LogP contribution in [0.4, 0.5) is 43.9 Å². The second kappa shape index (κ2) is 9.00. The summed E-state index contributed by atoms with van der Waals surface area (Å²) >= 11 is 0. The van der Waals surface area contributed by atoms with Crippen LogP contribution in [0.2, 0.25) is 0 Å². The first-order valence-electron chi connectivity index (χ1n) is 11.8. The summed E-state index contributed by atoms with van der Waals surface area (Å²) in [6.07, 6.45) is -11.2. The minimum atomic E-state index is -6.11. The van der Waals surface area contributed by atoms with Crippen molar-refractivity contribution < 1.29 is 63.0 Å². The van der Waals surface area contributed by atoms with Crippen molar-refractivity contribution in [3.05, 3.63) is 29.3 Å². The van der Waals surface area contributed by atoms with Crippen molar-refractivity contribution in [2.75, 3.05) is 0 Å². The maximum absolute atomic E-state index is 13.5. The van der Waals surface area contributed by atoms with Gasteiger partial charge in [-0.05, 0) is 79.5 Å². The Bertz CT molecular complexity index is 1110. The number of hydrogen-bond acceptors (Lipinski definition) is 4. The first-order chi connectivity index (χ1) is 17.3. The molecule has 0 aliphatic heterocycles. The van der Waals surface area contributed by atoms with Crippen LogP contribution in [-0.2, 0) is 20.7 Å². The van der Waals surface area contributed by atoms with Gasteiger partial charge < -0.3 is 9.47 Å². The Morgan fingerprint density at radius 3 is 2.05 bits per heavy atom. The highest BCUT2D eigenvalue weighted by atomic mass is 19.4. The molecule has 5 atom stereocenters. The van der Waals surface area contributed by atoms with Crippen LogP contribution in [0.5, 0.6) is 5.75 Å². The van der Waals surface area contributed by atoms with Gasteiger partial charge in [0.1, 0.15) is 11.9 Å². The molecule has 0 amide bonds. The highest BCUT2D eigenvalue weighted by Gasteiger charge is 2.67. The Hall–Kier alpha value is -2.54. The summed E-state index contributed by atoms with van der Waals surface area (Å²) in [6, 6.07) is 3.81. The number of carbonyl (C=O) groups is 2. The van der Waals surface area contributed by atoms with Crippen LogP contribution in [-0.4, -0.2) is 42.2 Å². The highest BCUT2D eigenvalue weighted by molar-refractivity contribution is 5.81. The molecule has 3 aliphatic carbocycles. The minimum Gasteiger partial charge on any atom is -0.457 e. The fraction of sp³-hybridized carbons (Fsp3) is 0.667. The standard InChI is InChI=1S/C24H22F10O4/c1-20-9-8-14-13-5-3-12(37-18(35)21(25,26)23(29,30)31)10-11(13)2-4-15(14)16(20)6-7-17(20)38-19(36)22(27,28)24(32,33)34/h3,5,10,14-17H,2,4,6-9H2,1H3. The Balaban J connectivity index is 1.49. The Kier molecular flexibility index (Phi) is 6.75. The van der Waals surface area contributed by atoms with E-state index in [0.717, 1.165) is 11.6 Å². The number of carbonyl (C=O) groups excluding carboxylic acids is 2. The number of esters is 2. The molecular weight excluding hydrogens is 542 g/mol. The van der Waals surface area contributed by atoms with Crippen molar-refractivity contribution in [2.45, 2.75) is 81.7 Å². The van der Waals surface area contributed by atoms with Crippen molar-refractivity contribution >= 4 is 11.9 Å². The van der Waals surface area contributed by atoms with Crippen molar-refractivity contribution in [3.63, 3.8) is 0 Å². The summed E-state index contributed by atoms with van der Waals surface area (Å²) in [4.78, 5) is 23.1. The van der Waals surface area contributed by atoms with Crippen molar-refractivity contribution in [3.8, 4) is 5.75 Å². The maximum atomic E-state index is 13.5. The molecule has 38 heavy (non-hydrogen) atoms. The topological polar surface area (TPSA) is 52.6 Å². The first kappa shape index (κ1) is 28.5. The summed E-state index contributed by atoms with van der Waals surface area (Å²) in [7, 11) is 0. The molecule has 4 rings (SSSR count). The molecular formula is C24H22F10O4. The van der Waals surface area contributed by atoms with E-state index in [2.05, 4.69) is 4.74 Å². The lowest BCUT2D eigenvalue weighted by atomic mass is 9.55. The number of fused-ring (bicyclic) bond motifs is 5. The quantitative estimate of drug-likeness (QED) is 0.231. The van der Waals surface area contributed by atoms with Crippen LogP contribution in [0, 0.1) is 17.3 Å². The second-order valence-electron chi connectivity index (χ2n) is 10.3. The maximum Gasteiger partial charge on any atom is 0.465 e. The third-order valence-electron chi connectivity index (χ3n) is 8.30. The molecule has 5 unspecified atom stereocenters. The third kappa shape index (κ3) is 4.51. The van der Waals surface area contributed by atoms with E-state index in [-0.39, 0.29) is 24.2 Å². The van der Waals surface area contributed by atoms with E-state index >= 15 is 0 Å². The molecule has 3 aliphatic rings. The van der Waals surface area contributed by atoms with E-state index in [1.165, 1.54) is 12.1 Å². The van der Waals surface area contributed by atoms with Crippen molar-refractivity contribution in [1.82, 2.24) is 0 Å². The van der Waals surface area contributed by atoms with Gasteiger partial charge >= 0.3 is 36.1 Å². The zero-order valence-corrected chi connectivity index (χ0v) is 19.7. The van der Waals surface area contributed by atoms with Gasteiger partial charge in [0.15, 0.2) is 0 Å². The molecule has 0 heterocycles. The van der Waals surface area contributed by atoms with Crippen LogP contribution < -0.4 is 4.74 Å². The summed E-state index contributed by atoms with van der Waals surface area (Å²) in [5.41, 5.74) is 0.505. The van der Waals surface area contributed by atoms with Crippen LogP contribution in [0.15, 0.2) is 18.2 Å². The van der Waals surface area contributed by atoms with Gasteiger partial charge in [0.2, 0.25) is 0 Å². The number of rotatable bonds is 4. The van der Waals surface area contributed by atoms with Gasteiger partial charge in [-0.2, -0.15) is 43.9 Å². The Labute approximate surface area is 209 Å². The number of alkyl halides is 10. The van der Waals surface area contributed by atoms with E-state index in [9.17, 15) is 53.5 Å². The third-order valence-corrected chi connectivity index (χ3v) is 8.30. The predicted molar refractivity (Wildman–Crippen MR) is 109 cm³/mol. The van der Waals surface area contributed by atoms with Gasteiger partial charge in [0.25, 0.3) is 0 Å². The monoisotopic (exact) mass is 564 g/mol. The zero-order chi connectivity index (χ0) is 28.5. The van der Waals surface area contributed by atoms with E-state index in [4.69, 9.17) is 4.74 Å². The van der Waals surface area contributed by atoms with Crippen LogP contribution in [0.1, 0.15) is 56.1 Å². The van der Waals surface area contributed by atoms with Gasteiger partial charge in [-0.15, -0.1) is 0 Å². The number of benzene rings is 1. The van der Waals surface area contributed by atoms with Gasteiger partial charge in [0.05, 0.1) is 0 Å². The summed E-state index contributed by atoms with van der Waals surface area (Å²) < 4.78 is 137. The van der Waals surface area contributed by atoms with E-state index in [1.807, 2.05) is 0 Å². The molecule has 0 aromatic heterocycles. The largest absolute Gasteiger partial charge is 0.465 e. The zero-order valence-electron chi connectivity index (χ0n) is 19.7. The summed E-state index contributed by atoms with van der Waals surface area (Å²) in [5.74, 6) is -17.5. The van der Waals surface area contributed by atoms with Gasteiger partial charge in [0, 0.05) is 5.41 Å².